The van der Waals surface area contributed by atoms with E-state index in [0.717, 1.165) is 0 Å². The van der Waals surface area contributed by atoms with Gasteiger partial charge in [0.25, 0.3) is 0 Å². The van der Waals surface area contributed by atoms with Crippen LogP contribution in [0.2, 0.25) is 0 Å². The van der Waals surface area contributed by atoms with Crippen molar-refractivity contribution in [3.8, 4) is 0 Å². The lowest BCUT2D eigenvalue weighted by Gasteiger charge is -2.51. The monoisotopic (exact) mass is 1020 g/mol. The molecular weight excluding hydrogens is 940 g/mol. The molecule has 410 valence electrons. The van der Waals surface area contributed by atoms with Crippen LogP contribution in [0.3, 0.4) is 0 Å². The van der Waals surface area contributed by atoms with Crippen molar-refractivity contribution >= 4 is 0 Å². The fourth-order valence-electron chi connectivity index (χ4n) is 10.3. The van der Waals surface area contributed by atoms with E-state index < -0.39 is 160 Å². The first-order valence-electron chi connectivity index (χ1n) is 23.5. The zero-order valence-electron chi connectivity index (χ0n) is 43.1. The van der Waals surface area contributed by atoms with E-state index in [1.165, 1.54) is 49.8 Å². The Hall–Kier alpha value is -1.00. The predicted molar refractivity (Wildman–Crippen MR) is 235 cm³/mol. The minimum Gasteiger partial charge on any atom is -0.376 e. The summed E-state index contributed by atoms with van der Waals surface area (Å²) in [5.41, 5.74) is 0. The van der Waals surface area contributed by atoms with Crippen molar-refractivity contribution in [2.24, 2.45) is 0 Å². The van der Waals surface area contributed by atoms with Gasteiger partial charge in [-0.3, -0.25) is 0 Å². The molecule has 0 unspecified atom stereocenters. The summed E-state index contributed by atoms with van der Waals surface area (Å²) in [7, 11) is 19.9. The highest BCUT2D eigenvalue weighted by Gasteiger charge is 2.57. The minimum absolute atomic E-state index is 0.000158. The number of ether oxygens (including phenoxy) is 24. The summed E-state index contributed by atoms with van der Waals surface area (Å²) in [5, 5.41) is 11.6. The van der Waals surface area contributed by atoms with Crippen LogP contribution in [0.1, 0.15) is 13.8 Å². The Labute approximate surface area is 410 Å². The topological polar surface area (TPSA) is 242 Å². The van der Waals surface area contributed by atoms with Crippen LogP contribution in [-0.2, 0) is 114 Å². The van der Waals surface area contributed by atoms with Crippen LogP contribution in [-0.4, -0.2) is 284 Å². The first kappa shape index (κ1) is 58.3. The van der Waals surface area contributed by atoms with E-state index in [4.69, 9.17) is 114 Å². The lowest BCUT2D eigenvalue weighted by molar-refractivity contribution is -0.403. The third-order valence-electron chi connectivity index (χ3n) is 14.1. The van der Waals surface area contributed by atoms with Gasteiger partial charge in [-0.25, -0.2) is 0 Å². The molecule has 6 rings (SSSR count). The summed E-state index contributed by atoms with van der Waals surface area (Å²) in [4.78, 5) is 0. The molecule has 1 N–H and O–H groups in total. The largest absolute Gasteiger partial charge is 0.376 e. The number of rotatable bonds is 23. The van der Waals surface area contributed by atoms with Gasteiger partial charge in [-0.2, -0.15) is 0 Å². The molecule has 6 fully saturated rings. The van der Waals surface area contributed by atoms with Crippen LogP contribution >= 0.6 is 0 Å². The molecule has 0 amide bonds. The molecule has 25 nitrogen and oxygen atoms in total. The Morgan fingerprint density at radius 2 is 0.557 bits per heavy atom. The van der Waals surface area contributed by atoms with Gasteiger partial charge in [-0.15, -0.1) is 0 Å². The molecule has 0 aromatic heterocycles. The molecule has 25 heteroatoms. The van der Waals surface area contributed by atoms with Gasteiger partial charge >= 0.3 is 0 Å². The second-order valence-electron chi connectivity index (χ2n) is 17.7. The summed E-state index contributed by atoms with van der Waals surface area (Å²) < 4.78 is 148. The second kappa shape index (κ2) is 27.7. The van der Waals surface area contributed by atoms with Gasteiger partial charge in [-0.05, 0) is 13.8 Å². The molecule has 26 atom stereocenters. The molecule has 0 bridgehead atoms. The number of aliphatic hydroxyl groups is 1. The highest BCUT2D eigenvalue weighted by molar-refractivity contribution is 4.99. The van der Waals surface area contributed by atoms with Crippen LogP contribution in [0.25, 0.3) is 0 Å². The zero-order chi connectivity index (χ0) is 50.8. The van der Waals surface area contributed by atoms with Crippen LogP contribution in [0.5, 0.6) is 0 Å². The smallest absolute Gasteiger partial charge is 0.187 e. The zero-order valence-corrected chi connectivity index (χ0v) is 43.1. The number of hydrogen-bond donors (Lipinski definition) is 1. The third kappa shape index (κ3) is 12.5. The van der Waals surface area contributed by atoms with Crippen molar-refractivity contribution in [1.29, 1.82) is 0 Å². The van der Waals surface area contributed by atoms with Gasteiger partial charge in [0.1, 0.15) is 110 Å². The number of hydrogen-bond acceptors (Lipinski definition) is 25. The van der Waals surface area contributed by atoms with Crippen molar-refractivity contribution < 1.29 is 119 Å². The average molecular weight is 1020 g/mol. The number of aliphatic hydroxyl groups excluding tert-OH is 1. The Bertz CT molecular complexity index is 1490. The lowest BCUT2D eigenvalue weighted by atomic mass is 9.96. The Morgan fingerprint density at radius 1 is 0.271 bits per heavy atom. The van der Waals surface area contributed by atoms with E-state index in [1.807, 2.05) is 6.92 Å². The second-order valence-corrected chi connectivity index (χ2v) is 17.7. The van der Waals surface area contributed by atoms with Gasteiger partial charge in [-0.1, -0.05) is 0 Å². The summed E-state index contributed by atoms with van der Waals surface area (Å²) in [6, 6.07) is 0. The average Bonchev–Trinajstić information content (AvgIpc) is 3.37. The summed E-state index contributed by atoms with van der Waals surface area (Å²) >= 11 is 0. The molecule has 0 spiro atoms. The van der Waals surface area contributed by atoms with Gasteiger partial charge < -0.3 is 119 Å². The molecule has 6 heterocycles. The maximum atomic E-state index is 11.6. The Morgan fingerprint density at radius 3 is 0.971 bits per heavy atom. The molecule has 0 saturated carbocycles. The van der Waals surface area contributed by atoms with Crippen LogP contribution in [0.4, 0.5) is 0 Å². The van der Waals surface area contributed by atoms with E-state index in [1.54, 1.807) is 49.6 Å². The maximum Gasteiger partial charge on any atom is 0.187 e. The highest BCUT2D eigenvalue weighted by atomic mass is 16.8. The fourth-order valence-corrected chi connectivity index (χ4v) is 10.3. The van der Waals surface area contributed by atoms with E-state index in [9.17, 15) is 5.11 Å². The molecule has 6 aliphatic heterocycles. The van der Waals surface area contributed by atoms with E-state index in [-0.39, 0.29) is 26.4 Å². The van der Waals surface area contributed by atoms with Gasteiger partial charge in [0, 0.05) is 92.4 Å². The van der Waals surface area contributed by atoms with Crippen LogP contribution < -0.4 is 0 Å². The molecule has 0 aliphatic carbocycles. The first-order chi connectivity index (χ1) is 33.9. The standard InChI is InChI=1S/C45H80O25/c1-20-26(51-7)32(54-10)38(58-14)44(64-20)68-30-24(49-5)16-60-40(46)34(30)70-45-39(59-15)33(27(21(2)65-45)66-41-35(55-11)28(52-8)22(47-3)17-61-41)69-43-37(57-13)31(25(50-6)19-63-43)67-42-36(56-12)29(53-9)23(48-4)18-62-42/h20-46H,16-19H2,1-15H3/t20-,21-,22+,23+,24+,25+,26-,27-,28-,29-,30-,31-,32+,33+,34+,35+,36+,37+,38+,39+,40-,41-,42-,43-,44-,45-/m0/s1. The summed E-state index contributed by atoms with van der Waals surface area (Å²) in [6.07, 6.45) is -22.5. The van der Waals surface area contributed by atoms with Gasteiger partial charge in [0.05, 0.1) is 38.6 Å². The minimum atomic E-state index is -1.55. The Balaban J connectivity index is 1.33. The maximum absolute atomic E-state index is 11.6. The summed E-state index contributed by atoms with van der Waals surface area (Å²) in [5.74, 6) is 0. The lowest BCUT2D eigenvalue weighted by Crippen LogP contribution is -2.67. The number of methoxy groups -OCH3 is 13. The molecule has 0 aromatic carbocycles. The van der Waals surface area contributed by atoms with Gasteiger partial charge in [0.15, 0.2) is 37.7 Å². The van der Waals surface area contributed by atoms with Crippen molar-refractivity contribution in [3.05, 3.63) is 0 Å². The highest BCUT2D eigenvalue weighted by Crippen LogP contribution is 2.39. The fraction of sp³-hybridized carbons (Fsp3) is 1.00. The first-order valence-corrected chi connectivity index (χ1v) is 23.5. The van der Waals surface area contributed by atoms with Crippen LogP contribution in [0.15, 0.2) is 0 Å². The van der Waals surface area contributed by atoms with Crippen molar-refractivity contribution in [2.45, 2.75) is 174 Å². The van der Waals surface area contributed by atoms with E-state index >= 15 is 0 Å². The van der Waals surface area contributed by atoms with Crippen molar-refractivity contribution in [1.82, 2.24) is 0 Å². The predicted octanol–water partition coefficient (Wildman–Crippen LogP) is -0.985. The van der Waals surface area contributed by atoms with Crippen molar-refractivity contribution in [2.75, 3.05) is 119 Å². The van der Waals surface area contributed by atoms with Crippen LogP contribution in [0, 0.1) is 0 Å². The Kier molecular flexibility index (Phi) is 23.0. The molecule has 6 saturated heterocycles. The van der Waals surface area contributed by atoms with Crippen molar-refractivity contribution in [3.63, 3.8) is 0 Å². The van der Waals surface area contributed by atoms with Gasteiger partial charge in [0.2, 0.25) is 0 Å². The SMILES string of the molecule is CO[C@@H]1[C@@H](OC)[C@H](C)O[C@@H](O[C@@H]2[C@@H](O[C@@H]3O[C@@H](C)[C@H](O[C@@H]4OC[C@@H](OC)[C@H](OC)[C@H]4OC)[C@@H](O[C@@H]4OC[C@@H](OC)[C@H](O[C@@H]5OC[C@@H](OC)[C@H](OC)[C@H]5OC)[C@H]4OC)[C@H]3OC)[C@@H](O)OC[C@H]2OC)[C@@H]1OC. The molecule has 0 aromatic rings. The van der Waals surface area contributed by atoms with E-state index in [0.29, 0.717) is 0 Å². The molecule has 0 radical (unpaired) electrons. The molecule has 70 heavy (non-hydrogen) atoms. The summed E-state index contributed by atoms with van der Waals surface area (Å²) in [6.45, 7) is 3.83. The normalized spacial score (nSPS) is 47.3. The molecule has 6 aliphatic rings. The quantitative estimate of drug-likeness (QED) is 0.129. The van der Waals surface area contributed by atoms with E-state index in [2.05, 4.69) is 0 Å². The molecular formula is C45H80O25. The third-order valence-corrected chi connectivity index (χ3v) is 14.1.